The Hall–Kier alpha value is -1.71. The van der Waals surface area contributed by atoms with E-state index in [9.17, 15) is 22.8 Å². The monoisotopic (exact) mass is 390 g/mol. The van der Waals surface area contributed by atoms with Gasteiger partial charge in [-0.3, -0.25) is 9.59 Å². The number of nitrogens with one attached hydrogen (secondary N) is 2. The standard InChI is InChI=1S/C13H17F3N4O2.2ClH/c1-20(2)10-4-3-8(13(14,15)16)5-9(10)19-12(22)7-18-11(21)6-17;;/h3-5H,6-7,17H2,1-2H3,(H,18,21)(H,19,22);2*1H. The highest BCUT2D eigenvalue weighted by Crippen LogP contribution is 2.34. The van der Waals surface area contributed by atoms with Crippen LogP contribution in [-0.4, -0.2) is 39.0 Å². The van der Waals surface area contributed by atoms with E-state index in [0.29, 0.717) is 5.69 Å². The number of hydrogen-bond donors (Lipinski definition) is 3. The van der Waals surface area contributed by atoms with Crippen molar-refractivity contribution < 1.29 is 22.8 Å². The van der Waals surface area contributed by atoms with Gasteiger partial charge in [-0.25, -0.2) is 0 Å². The Kier molecular flexibility index (Phi) is 10.4. The predicted molar refractivity (Wildman–Crippen MR) is 91.0 cm³/mol. The molecule has 0 aliphatic heterocycles. The maximum atomic E-state index is 12.7. The van der Waals surface area contributed by atoms with Crippen molar-refractivity contribution in [2.45, 2.75) is 6.18 Å². The number of halogens is 5. The maximum Gasteiger partial charge on any atom is 0.416 e. The molecule has 2 amide bonds. The Morgan fingerprint density at radius 3 is 2.21 bits per heavy atom. The molecule has 0 bridgehead atoms. The van der Waals surface area contributed by atoms with Gasteiger partial charge in [0.25, 0.3) is 0 Å². The van der Waals surface area contributed by atoms with Crippen molar-refractivity contribution >= 4 is 48.0 Å². The zero-order chi connectivity index (χ0) is 16.9. The van der Waals surface area contributed by atoms with E-state index in [0.717, 1.165) is 12.1 Å². The summed E-state index contributed by atoms with van der Waals surface area (Å²) in [5.74, 6) is -1.18. The average Bonchev–Trinajstić information content (AvgIpc) is 2.43. The van der Waals surface area contributed by atoms with E-state index in [4.69, 9.17) is 5.73 Å². The summed E-state index contributed by atoms with van der Waals surface area (Å²) in [5.41, 5.74) is 4.61. The van der Waals surface area contributed by atoms with Crippen LogP contribution in [0.3, 0.4) is 0 Å². The number of carbonyl (C=O) groups is 2. The van der Waals surface area contributed by atoms with Gasteiger partial charge in [-0.05, 0) is 18.2 Å². The van der Waals surface area contributed by atoms with Crippen molar-refractivity contribution in [2.24, 2.45) is 5.73 Å². The lowest BCUT2D eigenvalue weighted by atomic mass is 10.1. The second-order valence-corrected chi connectivity index (χ2v) is 4.65. The van der Waals surface area contributed by atoms with Crippen LogP contribution in [0.1, 0.15) is 5.56 Å². The number of nitrogens with zero attached hydrogens (tertiary/aromatic N) is 1. The van der Waals surface area contributed by atoms with E-state index in [-0.39, 0.29) is 43.6 Å². The van der Waals surface area contributed by atoms with Crippen LogP contribution < -0.4 is 21.3 Å². The van der Waals surface area contributed by atoms with Crippen LogP contribution in [-0.2, 0) is 15.8 Å². The highest BCUT2D eigenvalue weighted by molar-refractivity contribution is 5.97. The number of hydrogen-bond acceptors (Lipinski definition) is 4. The zero-order valence-electron chi connectivity index (χ0n) is 12.9. The van der Waals surface area contributed by atoms with Crippen molar-refractivity contribution in [3.63, 3.8) is 0 Å². The van der Waals surface area contributed by atoms with E-state index in [1.165, 1.54) is 6.07 Å². The first-order chi connectivity index (χ1) is 10.1. The molecule has 0 saturated heterocycles. The summed E-state index contributed by atoms with van der Waals surface area (Å²) in [6.07, 6.45) is -4.52. The SMILES string of the molecule is CN(C)c1ccc(C(F)(F)F)cc1NC(=O)CNC(=O)CN.Cl.Cl. The third kappa shape index (κ3) is 7.24. The molecule has 4 N–H and O–H groups in total. The van der Waals surface area contributed by atoms with Crippen LogP contribution in [0.25, 0.3) is 0 Å². The van der Waals surface area contributed by atoms with Gasteiger partial charge in [0.05, 0.1) is 30.0 Å². The first kappa shape index (κ1) is 24.5. The van der Waals surface area contributed by atoms with Gasteiger partial charge in [0.2, 0.25) is 11.8 Å². The van der Waals surface area contributed by atoms with Crippen molar-refractivity contribution in [1.29, 1.82) is 0 Å². The van der Waals surface area contributed by atoms with Gasteiger partial charge in [0.1, 0.15) is 0 Å². The minimum absolute atomic E-state index is 0. The molecule has 0 radical (unpaired) electrons. The Labute approximate surface area is 149 Å². The third-order valence-electron chi connectivity index (χ3n) is 2.71. The Morgan fingerprint density at radius 2 is 1.75 bits per heavy atom. The fourth-order valence-corrected chi connectivity index (χ4v) is 1.65. The third-order valence-corrected chi connectivity index (χ3v) is 2.71. The second-order valence-electron chi connectivity index (χ2n) is 4.65. The minimum Gasteiger partial charge on any atom is -0.376 e. The molecule has 0 fully saturated rings. The number of rotatable bonds is 5. The van der Waals surface area contributed by atoms with Crippen LogP contribution in [0, 0.1) is 0 Å². The van der Waals surface area contributed by atoms with E-state index in [1.807, 2.05) is 0 Å². The molecular formula is C13H19Cl2F3N4O2. The average molecular weight is 391 g/mol. The largest absolute Gasteiger partial charge is 0.416 e. The fraction of sp³-hybridized carbons (Fsp3) is 0.385. The molecule has 0 aromatic heterocycles. The van der Waals surface area contributed by atoms with Gasteiger partial charge in [-0.2, -0.15) is 13.2 Å². The topological polar surface area (TPSA) is 87.5 Å². The van der Waals surface area contributed by atoms with Gasteiger partial charge in [-0.1, -0.05) is 0 Å². The second kappa shape index (κ2) is 10.2. The molecule has 24 heavy (non-hydrogen) atoms. The first-order valence-electron chi connectivity index (χ1n) is 6.30. The van der Waals surface area contributed by atoms with Crippen LogP contribution in [0.5, 0.6) is 0 Å². The maximum absolute atomic E-state index is 12.7. The number of alkyl halides is 3. The summed E-state index contributed by atoms with van der Waals surface area (Å²) < 4.78 is 38.2. The van der Waals surface area contributed by atoms with Crippen molar-refractivity contribution in [1.82, 2.24) is 5.32 Å². The van der Waals surface area contributed by atoms with Gasteiger partial charge in [0.15, 0.2) is 0 Å². The highest BCUT2D eigenvalue weighted by atomic mass is 35.5. The molecule has 0 unspecified atom stereocenters. The van der Waals surface area contributed by atoms with Crippen molar-refractivity contribution in [3.8, 4) is 0 Å². The molecule has 0 saturated carbocycles. The molecule has 1 aromatic carbocycles. The molecule has 1 aromatic rings. The summed E-state index contributed by atoms with van der Waals surface area (Å²) in [7, 11) is 3.27. The highest BCUT2D eigenvalue weighted by Gasteiger charge is 2.31. The molecule has 0 spiro atoms. The molecule has 0 aliphatic carbocycles. The minimum atomic E-state index is -4.52. The molecule has 0 atom stereocenters. The van der Waals surface area contributed by atoms with Gasteiger partial charge in [-0.15, -0.1) is 24.8 Å². The predicted octanol–water partition coefficient (Wildman–Crippen LogP) is 1.63. The molecule has 11 heteroatoms. The summed E-state index contributed by atoms with van der Waals surface area (Å²) in [4.78, 5) is 24.2. The van der Waals surface area contributed by atoms with Crippen LogP contribution in [0.15, 0.2) is 18.2 Å². The molecule has 6 nitrogen and oxygen atoms in total. The van der Waals surface area contributed by atoms with Gasteiger partial charge >= 0.3 is 6.18 Å². The normalized spacial score (nSPS) is 10.1. The number of benzene rings is 1. The lowest BCUT2D eigenvalue weighted by Gasteiger charge is -2.20. The fourth-order valence-electron chi connectivity index (χ4n) is 1.65. The van der Waals surface area contributed by atoms with E-state index in [2.05, 4.69) is 10.6 Å². The zero-order valence-corrected chi connectivity index (χ0v) is 14.6. The van der Waals surface area contributed by atoms with E-state index < -0.39 is 23.6 Å². The lowest BCUT2D eigenvalue weighted by molar-refractivity contribution is -0.137. The summed E-state index contributed by atoms with van der Waals surface area (Å²) in [6, 6.07) is 3.04. The number of amides is 2. The summed E-state index contributed by atoms with van der Waals surface area (Å²) in [6.45, 7) is -0.654. The summed E-state index contributed by atoms with van der Waals surface area (Å²) in [5, 5.41) is 4.58. The Balaban J connectivity index is 0. The number of nitrogens with two attached hydrogens (primary N) is 1. The molecule has 0 aliphatic rings. The molecular weight excluding hydrogens is 372 g/mol. The van der Waals surface area contributed by atoms with Gasteiger partial charge in [0, 0.05) is 14.1 Å². The Bertz CT molecular complexity index is 569. The quantitative estimate of drug-likeness (QED) is 0.712. The number of carbonyl (C=O) groups excluding carboxylic acids is 2. The van der Waals surface area contributed by atoms with Crippen molar-refractivity contribution in [2.75, 3.05) is 37.4 Å². The van der Waals surface area contributed by atoms with Gasteiger partial charge < -0.3 is 21.3 Å². The molecule has 138 valence electrons. The van der Waals surface area contributed by atoms with Crippen LogP contribution in [0.2, 0.25) is 0 Å². The lowest BCUT2D eigenvalue weighted by Crippen LogP contribution is -2.36. The smallest absolute Gasteiger partial charge is 0.376 e. The number of anilines is 2. The van der Waals surface area contributed by atoms with E-state index >= 15 is 0 Å². The van der Waals surface area contributed by atoms with Crippen LogP contribution >= 0.6 is 24.8 Å². The van der Waals surface area contributed by atoms with Crippen LogP contribution in [0.4, 0.5) is 24.5 Å². The molecule has 1 rings (SSSR count). The van der Waals surface area contributed by atoms with Crippen molar-refractivity contribution in [3.05, 3.63) is 23.8 Å². The molecule has 0 heterocycles. The Morgan fingerprint density at radius 1 is 1.17 bits per heavy atom. The first-order valence-corrected chi connectivity index (χ1v) is 6.30. The van der Waals surface area contributed by atoms with E-state index in [1.54, 1.807) is 19.0 Å². The summed E-state index contributed by atoms with van der Waals surface area (Å²) >= 11 is 0.